The van der Waals surface area contributed by atoms with Crippen molar-refractivity contribution in [2.24, 2.45) is 23.1 Å². The molecule has 3 rings (SSSR count). The number of carbonyl (C=O) groups excluding carboxylic acids is 15. The number of carboxylic acids is 1. The highest BCUT2D eigenvalue weighted by molar-refractivity contribution is 6.00. The fourth-order valence-electron chi connectivity index (χ4n) is 13.9. The number of aliphatic hydroxyl groups is 6. The molecule has 2 heterocycles. The van der Waals surface area contributed by atoms with E-state index in [0.717, 1.165) is 75.5 Å². The molecule has 698 valence electrons. The summed E-state index contributed by atoms with van der Waals surface area (Å²) >= 11 is 0. The molecule has 42 heteroatoms. The van der Waals surface area contributed by atoms with Crippen LogP contribution in [0.15, 0.2) is 24.3 Å². The van der Waals surface area contributed by atoms with Gasteiger partial charge in [-0.05, 0) is 135 Å². The molecule has 0 saturated carbocycles. The lowest BCUT2D eigenvalue weighted by atomic mass is 9.99. The molecule has 1 aromatic carbocycles. The highest BCUT2D eigenvalue weighted by atomic mass is 35.5. The third-order valence-corrected chi connectivity index (χ3v) is 21.1. The number of hydrogen-bond donors (Lipinski definition) is 22. The number of benzene rings is 1. The molecule has 2 aliphatic heterocycles. The molecule has 2 saturated heterocycles. The van der Waals surface area contributed by atoms with Crippen LogP contribution in [0.3, 0.4) is 0 Å². The quantitative estimate of drug-likeness (QED) is 0.0222. The van der Waals surface area contributed by atoms with Crippen LogP contribution in [0.2, 0.25) is 0 Å². The lowest BCUT2D eigenvalue weighted by Crippen LogP contribution is -2.63. The number of halogens is 1. The average molecular weight is 1770 g/mol. The number of amides is 14. The molecule has 0 aliphatic carbocycles. The van der Waals surface area contributed by atoms with Gasteiger partial charge in [0.15, 0.2) is 0 Å². The number of esters is 1. The summed E-state index contributed by atoms with van der Waals surface area (Å²) in [5, 5.41) is 111. The van der Waals surface area contributed by atoms with Crippen molar-refractivity contribution >= 4 is 107 Å². The second-order valence-electron chi connectivity index (χ2n) is 32.0. The minimum Gasteiger partial charge on any atom is -0.508 e. The normalized spacial score (nSPS) is 17.9. The first-order chi connectivity index (χ1) is 57.6. The number of phenols is 1. The standard InChI is InChI=1S/C81H136N16O25.ClH/c1-10-12-13-14-15-16-17-18-19-20-21-26-53(41-63(108)109)122-81(121)55(28-23-36-85-71(111)54(83)27-22-35-82)88-77(117)66(47(7)99)91-62(107)43-86-75(115)69(59(104)42-60(84)105)95-74(114)58-30-25-38-97(58)80(120)68(49(9)101)94-78(118)67(48(8)100)93-73(113)57-29-24-37-96(57)79(119)64(44(3)4)92-72(112)56(39-50-31-33-52(103)34-32-50)89-70(110)45(5)87-76(116)65(46(6)98)90-61(106)40-51(102)11-2;/h31-34,44-49,51,53-59,64-69,98-104H,10-30,35-43,82-83H2,1-9H3,(H2,84,105)(H,85,111)(H,86,115)(H,87,116)(H,88,117)(H,89,110)(H,90,106)(H,91,107)(H,92,112)(H,93,113)(H,94,118)(H,95,114)(H,108,109);1H/t45-,46-,47-,48-,49-,51?,53-,54+,55+,56+,57+,58+,59-,64+,65+,66+,67+,68+,69+;/m1./s1. The molecular weight excluding hydrogens is 1630 g/mol. The molecule has 2 aliphatic rings. The van der Waals surface area contributed by atoms with Crippen molar-refractivity contribution in [1.82, 2.24) is 68.3 Å². The maximum Gasteiger partial charge on any atom is 0.328 e. The Balaban J connectivity index is 0.0000513. The number of nitrogens with one attached hydrogen (secondary N) is 11. The number of carboxylic acid groups (broad SMARTS) is 1. The molecule has 19 atom stereocenters. The number of aliphatic hydroxyl groups excluding tert-OH is 6. The molecule has 1 aromatic rings. The third kappa shape index (κ3) is 39.1. The van der Waals surface area contributed by atoms with E-state index in [1.807, 2.05) is 0 Å². The molecule has 0 bridgehead atoms. The summed E-state index contributed by atoms with van der Waals surface area (Å²) in [6.45, 7) is 11.6. The molecule has 2 fully saturated rings. The summed E-state index contributed by atoms with van der Waals surface area (Å²) in [6, 6.07) is -13.5. The Morgan fingerprint density at radius 2 is 0.967 bits per heavy atom. The number of nitrogens with zero attached hydrogens (tertiary/aromatic N) is 2. The summed E-state index contributed by atoms with van der Waals surface area (Å²) in [7, 11) is 0. The van der Waals surface area contributed by atoms with E-state index in [-0.39, 0.29) is 108 Å². The van der Waals surface area contributed by atoms with Crippen LogP contribution in [0.25, 0.3) is 0 Å². The van der Waals surface area contributed by atoms with Crippen molar-refractivity contribution in [2.45, 2.75) is 338 Å². The average Bonchev–Trinajstić information content (AvgIpc) is 1.73. The molecule has 14 amide bonds. The SMILES string of the molecule is CCCCCCCCCCCCC[C@H](CC(=O)O)OC(=O)[C@H](CCCNC(=O)[C@@H](N)CCCN)NC(=O)[C@@H](NC(=O)CNC(=O)[C@@H](NC(=O)[C@@H]1CCCN1C(=O)[C@@H](NC(=O)[C@@H](NC(=O)[C@@H]1CCCN1C(=O)[C@@H](NC(=O)[C@H](Cc1ccc(O)cc1)NC(=O)[C@@H](C)NC(=O)[C@@H](NC(=O)CC(O)CC)[C@@H](C)O)C(C)C)[C@@H](C)O)[C@@H](C)O)[C@H](O)CC(N)=O)[C@@H](C)O.Cl. The fourth-order valence-corrected chi connectivity index (χ4v) is 13.9. The number of ether oxygens (including phenoxy) is 1. The second kappa shape index (κ2) is 57.1. The fraction of sp³-hybridized carbons (Fsp3) is 0.728. The van der Waals surface area contributed by atoms with E-state index in [1.165, 1.54) is 57.4 Å². The smallest absolute Gasteiger partial charge is 0.328 e. The number of hydrogen-bond acceptors (Lipinski definition) is 26. The minimum absolute atomic E-state index is 0. The van der Waals surface area contributed by atoms with Gasteiger partial charge in [-0.25, -0.2) is 4.79 Å². The van der Waals surface area contributed by atoms with E-state index >= 15 is 0 Å². The number of likely N-dealkylation sites (tertiary alicyclic amines) is 2. The van der Waals surface area contributed by atoms with Crippen LogP contribution >= 0.6 is 12.4 Å². The molecule has 1 unspecified atom stereocenters. The number of carbonyl (C=O) groups is 16. The van der Waals surface area contributed by atoms with Gasteiger partial charge in [-0.2, -0.15) is 0 Å². The summed E-state index contributed by atoms with van der Waals surface area (Å²) in [4.78, 5) is 221. The zero-order chi connectivity index (χ0) is 91.6. The van der Waals surface area contributed by atoms with Gasteiger partial charge in [0.2, 0.25) is 82.7 Å². The maximum absolute atomic E-state index is 14.7. The summed E-state index contributed by atoms with van der Waals surface area (Å²) in [5.74, 6) is -17.4. The minimum atomic E-state index is -2.12. The van der Waals surface area contributed by atoms with Crippen LogP contribution in [-0.2, 0) is 87.9 Å². The summed E-state index contributed by atoms with van der Waals surface area (Å²) in [5.41, 5.74) is 17.3. The van der Waals surface area contributed by atoms with Crippen molar-refractivity contribution in [3.05, 3.63) is 29.8 Å². The highest BCUT2D eigenvalue weighted by Crippen LogP contribution is 2.25. The zero-order valence-electron chi connectivity index (χ0n) is 72.1. The molecule has 0 radical (unpaired) electrons. The van der Waals surface area contributed by atoms with Crippen molar-refractivity contribution in [1.29, 1.82) is 0 Å². The number of primary amides is 1. The first-order valence-electron chi connectivity index (χ1n) is 42.5. The maximum atomic E-state index is 14.7. The van der Waals surface area contributed by atoms with Crippen LogP contribution in [0.4, 0.5) is 0 Å². The van der Waals surface area contributed by atoms with Crippen molar-refractivity contribution in [3.8, 4) is 5.75 Å². The van der Waals surface area contributed by atoms with Crippen molar-refractivity contribution in [2.75, 3.05) is 32.7 Å². The number of aromatic hydroxyl groups is 1. The number of phenolic OH excluding ortho intramolecular Hbond substituents is 1. The van der Waals surface area contributed by atoms with E-state index in [9.17, 15) is 118 Å². The van der Waals surface area contributed by atoms with E-state index < -0.39 is 235 Å². The topological polar surface area (TPSA) is 661 Å². The Bertz CT molecular complexity index is 3580. The van der Waals surface area contributed by atoms with Crippen LogP contribution < -0.4 is 75.7 Å². The summed E-state index contributed by atoms with van der Waals surface area (Å²) < 4.78 is 5.71. The number of rotatable bonds is 58. The first-order valence-corrected chi connectivity index (χ1v) is 42.5. The molecule has 123 heavy (non-hydrogen) atoms. The molecule has 0 aromatic heterocycles. The Labute approximate surface area is 724 Å². The predicted molar refractivity (Wildman–Crippen MR) is 449 cm³/mol. The molecule has 25 N–H and O–H groups in total. The van der Waals surface area contributed by atoms with Gasteiger partial charge in [0.05, 0.1) is 68.5 Å². The van der Waals surface area contributed by atoms with Gasteiger partial charge in [-0.1, -0.05) is 104 Å². The Hall–Kier alpha value is -9.49. The lowest BCUT2D eigenvalue weighted by Gasteiger charge is -2.33. The predicted octanol–water partition coefficient (Wildman–Crippen LogP) is -3.54. The Morgan fingerprint density at radius 3 is 1.47 bits per heavy atom. The van der Waals surface area contributed by atoms with Gasteiger partial charge < -0.3 is 131 Å². The van der Waals surface area contributed by atoms with Gasteiger partial charge in [0.1, 0.15) is 78.3 Å². The molecule has 41 nitrogen and oxygen atoms in total. The van der Waals surface area contributed by atoms with Gasteiger partial charge in [-0.15, -0.1) is 12.4 Å². The van der Waals surface area contributed by atoms with E-state index in [0.29, 0.717) is 24.9 Å². The summed E-state index contributed by atoms with van der Waals surface area (Å²) in [6.07, 6.45) is -0.847. The van der Waals surface area contributed by atoms with Gasteiger partial charge in [0, 0.05) is 26.1 Å². The zero-order valence-corrected chi connectivity index (χ0v) is 72.9. The van der Waals surface area contributed by atoms with E-state index in [4.69, 9.17) is 21.9 Å². The molecule has 0 spiro atoms. The monoisotopic (exact) mass is 1770 g/mol. The van der Waals surface area contributed by atoms with E-state index in [1.54, 1.807) is 20.8 Å². The van der Waals surface area contributed by atoms with Crippen LogP contribution in [-0.4, -0.2) is 293 Å². The van der Waals surface area contributed by atoms with Crippen molar-refractivity contribution < 1.29 is 122 Å². The largest absolute Gasteiger partial charge is 0.508 e. The highest BCUT2D eigenvalue weighted by Gasteiger charge is 2.46. The van der Waals surface area contributed by atoms with Crippen LogP contribution in [0.1, 0.15) is 222 Å². The second-order valence-corrected chi connectivity index (χ2v) is 32.0. The number of nitrogens with two attached hydrogens (primary N) is 3. The van der Waals surface area contributed by atoms with Crippen LogP contribution in [0, 0.1) is 5.92 Å². The van der Waals surface area contributed by atoms with Crippen LogP contribution in [0.5, 0.6) is 5.75 Å². The Morgan fingerprint density at radius 1 is 0.488 bits per heavy atom. The first kappa shape index (κ1) is 110. The van der Waals surface area contributed by atoms with Gasteiger partial charge >= 0.3 is 11.9 Å². The number of unbranched alkanes of at least 4 members (excludes halogenated alkanes) is 10. The number of aliphatic carboxylic acids is 1. The van der Waals surface area contributed by atoms with Crippen molar-refractivity contribution in [3.63, 3.8) is 0 Å². The van der Waals surface area contributed by atoms with Gasteiger partial charge in [-0.3, -0.25) is 71.9 Å². The van der Waals surface area contributed by atoms with Gasteiger partial charge in [0.25, 0.3) is 0 Å². The van der Waals surface area contributed by atoms with E-state index in [2.05, 4.69) is 65.4 Å². The Kier molecular flexibility index (Phi) is 50.9. The molecular formula is C81H137ClN16O25. The third-order valence-electron chi connectivity index (χ3n) is 21.1. The lowest BCUT2D eigenvalue weighted by molar-refractivity contribution is -0.157.